The minimum atomic E-state index is -0.339. The fraction of sp³-hybridized carbons (Fsp3) is 0.318. The summed E-state index contributed by atoms with van der Waals surface area (Å²) in [5.74, 6) is -0.461. The van der Waals surface area contributed by atoms with Crippen molar-refractivity contribution in [2.24, 2.45) is 0 Å². The molecular formula is C22H23FN2O2. The number of carbonyl (C=O) groups excluding carboxylic acids is 1. The molecule has 0 bridgehead atoms. The molecule has 3 aromatic rings. The van der Waals surface area contributed by atoms with Gasteiger partial charge in [-0.15, -0.1) is 0 Å². The molecular weight excluding hydrogens is 343 g/mol. The van der Waals surface area contributed by atoms with Crippen molar-refractivity contribution in [2.45, 2.75) is 26.4 Å². The molecule has 4 rings (SSSR count). The van der Waals surface area contributed by atoms with Crippen LogP contribution in [0.2, 0.25) is 0 Å². The van der Waals surface area contributed by atoms with Crippen LogP contribution in [-0.2, 0) is 24.2 Å². The van der Waals surface area contributed by atoms with Crippen LogP contribution in [0.25, 0.3) is 10.9 Å². The van der Waals surface area contributed by atoms with Crippen LogP contribution in [0.4, 0.5) is 4.39 Å². The van der Waals surface area contributed by atoms with Gasteiger partial charge in [-0.3, -0.25) is 4.79 Å². The van der Waals surface area contributed by atoms with Crippen LogP contribution in [-0.4, -0.2) is 35.6 Å². The highest BCUT2D eigenvalue weighted by atomic mass is 19.1. The normalized spacial score (nSPS) is 13.8. The Morgan fingerprint density at radius 1 is 1.22 bits per heavy atom. The molecule has 2 aromatic carbocycles. The third kappa shape index (κ3) is 3.23. The number of halogens is 1. The molecule has 5 heteroatoms. The molecule has 1 aliphatic rings. The Balaban J connectivity index is 1.66. The summed E-state index contributed by atoms with van der Waals surface area (Å²) in [5.41, 5.74) is 4.52. The van der Waals surface area contributed by atoms with Crippen molar-refractivity contribution in [1.29, 1.82) is 0 Å². The van der Waals surface area contributed by atoms with Crippen LogP contribution in [0.5, 0.6) is 0 Å². The molecule has 0 saturated heterocycles. The zero-order chi connectivity index (χ0) is 19.0. The summed E-state index contributed by atoms with van der Waals surface area (Å²) in [5, 5.41) is 1.24. The molecule has 1 aromatic heterocycles. The minimum absolute atomic E-state index is 0.122. The fourth-order valence-electron chi connectivity index (χ4n) is 3.84. The molecule has 0 aliphatic carbocycles. The monoisotopic (exact) mass is 366 g/mol. The number of hydrogen-bond donors (Lipinski definition) is 0. The highest BCUT2D eigenvalue weighted by Crippen LogP contribution is 2.30. The second-order valence-corrected chi connectivity index (χ2v) is 7.09. The van der Waals surface area contributed by atoms with Crippen LogP contribution in [0.1, 0.15) is 27.0 Å². The SMILES string of the molecule is COCCn1cc2c3c(cccc31)CN(C(=O)c1ccc(C)c(F)c1)CC2. The molecule has 0 radical (unpaired) electrons. The van der Waals surface area contributed by atoms with E-state index in [9.17, 15) is 9.18 Å². The van der Waals surface area contributed by atoms with Gasteiger partial charge in [0, 0.05) is 49.4 Å². The average molecular weight is 366 g/mol. The fourth-order valence-corrected chi connectivity index (χ4v) is 3.84. The number of aryl methyl sites for hydroxylation is 1. The first-order chi connectivity index (χ1) is 13.1. The first kappa shape index (κ1) is 17.7. The highest BCUT2D eigenvalue weighted by molar-refractivity contribution is 5.95. The number of aromatic nitrogens is 1. The van der Waals surface area contributed by atoms with E-state index in [0.717, 1.165) is 18.5 Å². The largest absolute Gasteiger partial charge is 0.383 e. The number of hydrogen-bond acceptors (Lipinski definition) is 2. The Morgan fingerprint density at radius 2 is 2.07 bits per heavy atom. The standard InChI is InChI=1S/C22H23FN2O2/c1-15-6-7-16(12-19(15)23)22(26)25-9-8-18-13-24(10-11-27-2)20-5-3-4-17(14-25)21(18)20/h3-7,12-13H,8-11,14H2,1-2H3. The second-order valence-electron chi connectivity index (χ2n) is 7.09. The van der Waals surface area contributed by atoms with Crippen LogP contribution in [0.15, 0.2) is 42.6 Å². The van der Waals surface area contributed by atoms with Crippen LogP contribution >= 0.6 is 0 Å². The van der Waals surface area contributed by atoms with Crippen molar-refractivity contribution >= 4 is 16.8 Å². The van der Waals surface area contributed by atoms with Crippen molar-refractivity contribution in [1.82, 2.24) is 9.47 Å². The van der Waals surface area contributed by atoms with E-state index in [1.807, 2.05) is 11.0 Å². The van der Waals surface area contributed by atoms with E-state index in [0.29, 0.717) is 30.8 Å². The van der Waals surface area contributed by atoms with Crippen molar-refractivity contribution in [3.8, 4) is 0 Å². The molecule has 2 heterocycles. The quantitative estimate of drug-likeness (QED) is 0.701. The average Bonchev–Trinajstić information content (AvgIpc) is 2.92. The third-order valence-corrected chi connectivity index (χ3v) is 5.33. The molecule has 1 amide bonds. The molecule has 0 fully saturated rings. The Kier molecular flexibility index (Phi) is 4.70. The first-order valence-corrected chi connectivity index (χ1v) is 9.22. The Labute approximate surface area is 158 Å². The molecule has 0 unspecified atom stereocenters. The maximum absolute atomic E-state index is 13.9. The van der Waals surface area contributed by atoms with Gasteiger partial charge in [-0.2, -0.15) is 0 Å². The number of methoxy groups -OCH3 is 1. The molecule has 0 saturated carbocycles. The summed E-state index contributed by atoms with van der Waals surface area (Å²) in [6, 6.07) is 10.9. The van der Waals surface area contributed by atoms with E-state index < -0.39 is 0 Å². The molecule has 0 atom stereocenters. The van der Waals surface area contributed by atoms with Crippen LogP contribution < -0.4 is 0 Å². The van der Waals surface area contributed by atoms with Crippen molar-refractivity contribution < 1.29 is 13.9 Å². The number of benzene rings is 2. The van der Waals surface area contributed by atoms with Gasteiger partial charge in [-0.05, 0) is 48.2 Å². The van der Waals surface area contributed by atoms with Gasteiger partial charge in [0.05, 0.1) is 6.61 Å². The second kappa shape index (κ2) is 7.16. The van der Waals surface area contributed by atoms with Gasteiger partial charge in [0.25, 0.3) is 5.91 Å². The Morgan fingerprint density at radius 3 is 2.85 bits per heavy atom. The van der Waals surface area contributed by atoms with Gasteiger partial charge in [0.15, 0.2) is 0 Å². The summed E-state index contributed by atoms with van der Waals surface area (Å²) in [6.45, 7) is 4.32. The van der Waals surface area contributed by atoms with Gasteiger partial charge in [-0.1, -0.05) is 18.2 Å². The Bertz CT molecular complexity index is 1010. The van der Waals surface area contributed by atoms with Gasteiger partial charge in [-0.25, -0.2) is 4.39 Å². The van der Waals surface area contributed by atoms with Crippen molar-refractivity contribution in [2.75, 3.05) is 20.3 Å². The number of rotatable bonds is 4. The maximum Gasteiger partial charge on any atom is 0.254 e. The van der Waals surface area contributed by atoms with E-state index in [4.69, 9.17) is 4.74 Å². The van der Waals surface area contributed by atoms with Crippen molar-refractivity contribution in [3.05, 3.63) is 70.7 Å². The zero-order valence-electron chi connectivity index (χ0n) is 15.7. The van der Waals surface area contributed by atoms with Crippen molar-refractivity contribution in [3.63, 3.8) is 0 Å². The first-order valence-electron chi connectivity index (χ1n) is 9.22. The molecule has 0 N–H and O–H groups in total. The molecule has 1 aliphatic heterocycles. The van der Waals surface area contributed by atoms with Gasteiger partial charge in [0.1, 0.15) is 5.82 Å². The van der Waals surface area contributed by atoms with Crippen LogP contribution in [0, 0.1) is 12.7 Å². The molecule has 0 spiro atoms. The summed E-state index contributed by atoms with van der Waals surface area (Å²) in [7, 11) is 1.71. The lowest BCUT2D eigenvalue weighted by Gasteiger charge is -2.21. The topological polar surface area (TPSA) is 34.5 Å². The molecule has 4 nitrogen and oxygen atoms in total. The Hall–Kier alpha value is -2.66. The lowest BCUT2D eigenvalue weighted by Crippen LogP contribution is -2.31. The van der Waals surface area contributed by atoms with Gasteiger partial charge >= 0.3 is 0 Å². The summed E-state index contributed by atoms with van der Waals surface area (Å²) < 4.78 is 21.3. The lowest BCUT2D eigenvalue weighted by atomic mass is 10.1. The van der Waals surface area contributed by atoms with Gasteiger partial charge in [0.2, 0.25) is 0 Å². The summed E-state index contributed by atoms with van der Waals surface area (Å²) in [6.07, 6.45) is 2.96. The number of carbonyl (C=O) groups is 1. The minimum Gasteiger partial charge on any atom is -0.383 e. The molecule has 27 heavy (non-hydrogen) atoms. The molecule has 140 valence electrons. The van der Waals surface area contributed by atoms with Gasteiger partial charge < -0.3 is 14.2 Å². The van der Waals surface area contributed by atoms with E-state index in [1.165, 1.54) is 22.5 Å². The van der Waals surface area contributed by atoms with E-state index >= 15 is 0 Å². The summed E-state index contributed by atoms with van der Waals surface area (Å²) in [4.78, 5) is 14.8. The number of ether oxygens (including phenoxy) is 1. The number of nitrogens with zero attached hydrogens (tertiary/aromatic N) is 2. The van der Waals surface area contributed by atoms with E-state index in [1.54, 1.807) is 26.2 Å². The predicted octanol–water partition coefficient (Wildman–Crippen LogP) is 3.93. The highest BCUT2D eigenvalue weighted by Gasteiger charge is 2.23. The van der Waals surface area contributed by atoms with E-state index in [2.05, 4.69) is 22.9 Å². The zero-order valence-corrected chi connectivity index (χ0v) is 15.7. The lowest BCUT2D eigenvalue weighted by molar-refractivity contribution is 0.0747. The predicted molar refractivity (Wildman–Crippen MR) is 103 cm³/mol. The maximum atomic E-state index is 13.9. The number of amides is 1. The summed E-state index contributed by atoms with van der Waals surface area (Å²) >= 11 is 0. The smallest absolute Gasteiger partial charge is 0.254 e. The third-order valence-electron chi connectivity index (χ3n) is 5.33. The van der Waals surface area contributed by atoms with E-state index in [-0.39, 0.29) is 11.7 Å². The van der Waals surface area contributed by atoms with Crippen LogP contribution in [0.3, 0.4) is 0 Å².